The van der Waals surface area contributed by atoms with Gasteiger partial charge in [0.15, 0.2) is 0 Å². The summed E-state index contributed by atoms with van der Waals surface area (Å²) in [6.07, 6.45) is 3.67. The van der Waals surface area contributed by atoms with Gasteiger partial charge in [-0.25, -0.2) is 0 Å². The predicted octanol–water partition coefficient (Wildman–Crippen LogP) is 3.50. The van der Waals surface area contributed by atoms with Crippen LogP contribution in [0.15, 0.2) is 18.2 Å². The highest BCUT2D eigenvalue weighted by Crippen LogP contribution is 2.23. The van der Waals surface area contributed by atoms with E-state index in [1.54, 1.807) is 0 Å². The molecule has 1 fully saturated rings. The Morgan fingerprint density at radius 1 is 1.25 bits per heavy atom. The van der Waals surface area contributed by atoms with E-state index in [1.165, 1.54) is 24.8 Å². The molecule has 1 aliphatic rings. The largest absolute Gasteiger partial charge is 0.325 e. The second-order valence-corrected chi connectivity index (χ2v) is 6.10. The zero-order valence-electron chi connectivity index (χ0n) is 13.1. The summed E-state index contributed by atoms with van der Waals surface area (Å²) in [6, 6.07) is 7.04. The molecule has 20 heavy (non-hydrogen) atoms. The maximum Gasteiger partial charge on any atom is 0.238 e. The zero-order chi connectivity index (χ0) is 14.7. The highest BCUT2D eigenvalue weighted by atomic mass is 16.2. The zero-order valence-corrected chi connectivity index (χ0v) is 13.1. The number of hydrogen-bond acceptors (Lipinski definition) is 2. The van der Waals surface area contributed by atoms with Crippen LogP contribution in [0.2, 0.25) is 0 Å². The van der Waals surface area contributed by atoms with Crippen molar-refractivity contribution in [1.82, 2.24) is 4.90 Å². The van der Waals surface area contributed by atoms with Crippen molar-refractivity contribution in [3.05, 3.63) is 29.3 Å². The first-order valence-corrected chi connectivity index (χ1v) is 7.61. The first kappa shape index (κ1) is 15.0. The van der Waals surface area contributed by atoms with Gasteiger partial charge >= 0.3 is 0 Å². The van der Waals surface area contributed by atoms with E-state index in [1.807, 2.05) is 12.1 Å². The van der Waals surface area contributed by atoms with Gasteiger partial charge in [-0.05, 0) is 57.7 Å². The molecule has 0 aromatic heterocycles. The molecule has 3 nitrogen and oxygen atoms in total. The Bertz CT molecular complexity index is 474. The van der Waals surface area contributed by atoms with E-state index in [4.69, 9.17) is 0 Å². The van der Waals surface area contributed by atoms with Crippen molar-refractivity contribution in [3.8, 4) is 0 Å². The molecular weight excluding hydrogens is 248 g/mol. The van der Waals surface area contributed by atoms with E-state index >= 15 is 0 Å². The summed E-state index contributed by atoms with van der Waals surface area (Å²) in [5.41, 5.74) is 3.30. The number of benzene rings is 1. The lowest BCUT2D eigenvalue weighted by Crippen LogP contribution is -2.47. The van der Waals surface area contributed by atoms with Gasteiger partial charge in [0.1, 0.15) is 0 Å². The Morgan fingerprint density at radius 3 is 2.55 bits per heavy atom. The fraction of sp³-hybridized carbons (Fsp3) is 0.588. The number of anilines is 1. The predicted molar refractivity (Wildman–Crippen MR) is 84.0 cm³/mol. The van der Waals surface area contributed by atoms with Crippen LogP contribution in [0.4, 0.5) is 5.69 Å². The molecule has 1 aromatic rings. The van der Waals surface area contributed by atoms with Crippen LogP contribution in [0.1, 0.15) is 44.2 Å². The molecule has 1 N–H and O–H groups in total. The smallest absolute Gasteiger partial charge is 0.238 e. The van der Waals surface area contributed by atoms with Gasteiger partial charge in [0.05, 0.1) is 6.54 Å². The van der Waals surface area contributed by atoms with Crippen molar-refractivity contribution in [2.75, 3.05) is 11.9 Å². The molecule has 1 aromatic carbocycles. The number of aryl methyl sites for hydroxylation is 1. The lowest BCUT2D eigenvalue weighted by atomic mass is 9.97. The minimum Gasteiger partial charge on any atom is -0.325 e. The van der Waals surface area contributed by atoms with Gasteiger partial charge in [0, 0.05) is 17.8 Å². The Kier molecular flexibility index (Phi) is 4.81. The average Bonchev–Trinajstić information content (AvgIpc) is 2.39. The molecule has 0 saturated carbocycles. The van der Waals surface area contributed by atoms with Gasteiger partial charge < -0.3 is 5.32 Å². The number of nitrogens with zero attached hydrogens (tertiary/aromatic N) is 1. The molecule has 1 saturated heterocycles. The van der Waals surface area contributed by atoms with Crippen molar-refractivity contribution in [3.63, 3.8) is 0 Å². The fourth-order valence-corrected chi connectivity index (χ4v) is 3.03. The van der Waals surface area contributed by atoms with Crippen LogP contribution >= 0.6 is 0 Å². The van der Waals surface area contributed by atoms with Crippen LogP contribution in [0, 0.1) is 13.8 Å². The van der Waals surface area contributed by atoms with E-state index in [9.17, 15) is 4.79 Å². The first-order valence-electron chi connectivity index (χ1n) is 7.61. The van der Waals surface area contributed by atoms with Crippen molar-refractivity contribution >= 4 is 11.6 Å². The maximum atomic E-state index is 12.3. The first-order chi connectivity index (χ1) is 9.49. The summed E-state index contributed by atoms with van der Waals surface area (Å²) in [6.45, 7) is 9.06. The number of piperidine rings is 1. The monoisotopic (exact) mass is 274 g/mol. The van der Waals surface area contributed by atoms with Gasteiger partial charge in [-0.1, -0.05) is 18.6 Å². The molecule has 0 spiro atoms. The standard InChI is InChI=1S/C17H26N2O/c1-12-7-5-10-16(15(12)4)18-17(20)11-19-13(2)8-6-9-14(19)3/h5,7,10,13-14H,6,8-9,11H2,1-4H3,(H,18,20). The summed E-state index contributed by atoms with van der Waals surface area (Å²) in [5.74, 6) is 0.0966. The third-order valence-electron chi connectivity index (χ3n) is 4.58. The number of likely N-dealkylation sites (tertiary alicyclic amines) is 1. The number of rotatable bonds is 3. The van der Waals surface area contributed by atoms with E-state index < -0.39 is 0 Å². The molecule has 1 heterocycles. The molecule has 1 amide bonds. The summed E-state index contributed by atoms with van der Waals surface area (Å²) in [7, 11) is 0. The summed E-state index contributed by atoms with van der Waals surface area (Å²) in [5, 5.41) is 3.06. The second-order valence-electron chi connectivity index (χ2n) is 6.10. The van der Waals surface area contributed by atoms with Crippen LogP contribution in [-0.4, -0.2) is 29.4 Å². The molecule has 1 aliphatic heterocycles. The molecule has 0 aliphatic carbocycles. The van der Waals surface area contributed by atoms with Gasteiger partial charge in [0.25, 0.3) is 0 Å². The van der Waals surface area contributed by atoms with E-state index in [0.29, 0.717) is 18.6 Å². The normalized spacial score (nSPS) is 23.6. The Hall–Kier alpha value is -1.35. The van der Waals surface area contributed by atoms with Crippen LogP contribution in [-0.2, 0) is 4.79 Å². The van der Waals surface area contributed by atoms with Crippen molar-refractivity contribution in [2.24, 2.45) is 0 Å². The van der Waals surface area contributed by atoms with Crippen LogP contribution in [0.5, 0.6) is 0 Å². The Morgan fingerprint density at radius 2 is 1.90 bits per heavy atom. The third-order valence-corrected chi connectivity index (χ3v) is 4.58. The maximum absolute atomic E-state index is 12.3. The van der Waals surface area contributed by atoms with Gasteiger partial charge in [-0.15, -0.1) is 0 Å². The highest BCUT2D eigenvalue weighted by molar-refractivity contribution is 5.93. The molecule has 2 rings (SSSR count). The van der Waals surface area contributed by atoms with Crippen molar-refractivity contribution in [1.29, 1.82) is 0 Å². The number of hydrogen-bond donors (Lipinski definition) is 1. The minimum atomic E-state index is 0.0966. The highest BCUT2D eigenvalue weighted by Gasteiger charge is 2.26. The Balaban J connectivity index is 2.00. The average molecular weight is 274 g/mol. The second kappa shape index (κ2) is 6.40. The topological polar surface area (TPSA) is 32.3 Å². The molecule has 2 atom stereocenters. The lowest BCUT2D eigenvalue weighted by Gasteiger charge is -2.38. The third kappa shape index (κ3) is 3.40. The van der Waals surface area contributed by atoms with E-state index in [0.717, 1.165) is 11.3 Å². The lowest BCUT2D eigenvalue weighted by molar-refractivity contribution is -0.118. The SMILES string of the molecule is Cc1cccc(NC(=O)CN2C(C)CCCC2C)c1C. The number of nitrogens with one attached hydrogen (secondary N) is 1. The molecule has 2 unspecified atom stereocenters. The van der Waals surface area contributed by atoms with E-state index in [2.05, 4.69) is 44.0 Å². The quantitative estimate of drug-likeness (QED) is 0.915. The van der Waals surface area contributed by atoms with Crippen molar-refractivity contribution < 1.29 is 4.79 Å². The number of carbonyl (C=O) groups is 1. The van der Waals surface area contributed by atoms with E-state index in [-0.39, 0.29) is 5.91 Å². The molecule has 0 radical (unpaired) electrons. The van der Waals surface area contributed by atoms with Gasteiger partial charge in [-0.3, -0.25) is 9.69 Å². The summed E-state index contributed by atoms with van der Waals surface area (Å²) < 4.78 is 0. The van der Waals surface area contributed by atoms with Crippen LogP contribution in [0.3, 0.4) is 0 Å². The minimum absolute atomic E-state index is 0.0966. The van der Waals surface area contributed by atoms with Crippen LogP contribution < -0.4 is 5.32 Å². The van der Waals surface area contributed by atoms with Crippen LogP contribution in [0.25, 0.3) is 0 Å². The Labute approximate surface area is 122 Å². The molecule has 3 heteroatoms. The number of amides is 1. The number of carbonyl (C=O) groups excluding carboxylic acids is 1. The van der Waals surface area contributed by atoms with Gasteiger partial charge in [-0.2, -0.15) is 0 Å². The molecular formula is C17H26N2O. The fourth-order valence-electron chi connectivity index (χ4n) is 3.03. The van der Waals surface area contributed by atoms with Crippen molar-refractivity contribution in [2.45, 2.75) is 59.0 Å². The molecule has 0 bridgehead atoms. The molecule has 110 valence electrons. The van der Waals surface area contributed by atoms with Gasteiger partial charge in [0.2, 0.25) is 5.91 Å². The summed E-state index contributed by atoms with van der Waals surface area (Å²) in [4.78, 5) is 14.6. The summed E-state index contributed by atoms with van der Waals surface area (Å²) >= 11 is 0.